The maximum absolute atomic E-state index is 13.0. The lowest BCUT2D eigenvalue weighted by Crippen LogP contribution is -2.34. The number of allylic oxidation sites excluding steroid dienone is 1. The summed E-state index contributed by atoms with van der Waals surface area (Å²) in [5.41, 5.74) is 7.59. The average molecular weight is 404 g/mol. The van der Waals surface area contributed by atoms with E-state index in [1.54, 1.807) is 25.1 Å². The minimum absolute atomic E-state index is 0.130. The van der Waals surface area contributed by atoms with Crippen LogP contribution in [0.5, 0.6) is 5.75 Å². The van der Waals surface area contributed by atoms with Crippen molar-refractivity contribution < 1.29 is 17.9 Å². The van der Waals surface area contributed by atoms with Crippen molar-refractivity contribution in [1.29, 1.82) is 0 Å². The number of nitrogens with two attached hydrogens (primary N) is 2. The molecule has 29 heavy (non-hydrogen) atoms. The van der Waals surface area contributed by atoms with Crippen molar-refractivity contribution in [2.75, 3.05) is 7.11 Å². The predicted molar refractivity (Wildman–Crippen MR) is 102 cm³/mol. The fraction of sp³-hybridized carbons (Fsp3) is 0.158. The molecule has 1 aromatic carbocycles. The topological polar surface area (TPSA) is 104 Å². The Bertz CT molecular complexity index is 1010. The first-order valence-electron chi connectivity index (χ1n) is 8.47. The number of nitrogens with one attached hydrogen (secondary N) is 1. The molecule has 0 spiro atoms. The summed E-state index contributed by atoms with van der Waals surface area (Å²) in [6, 6.07) is 10.4. The van der Waals surface area contributed by atoms with E-state index < -0.39 is 17.6 Å². The van der Waals surface area contributed by atoms with Crippen LogP contribution in [0.25, 0.3) is 17.1 Å². The molecule has 5 N–H and O–H groups in total. The molecular weight excluding hydrogens is 385 g/mol. The fourth-order valence-electron chi connectivity index (χ4n) is 2.72. The van der Waals surface area contributed by atoms with Crippen molar-refractivity contribution in [3.8, 4) is 17.1 Å². The zero-order valence-corrected chi connectivity index (χ0v) is 15.4. The van der Waals surface area contributed by atoms with Gasteiger partial charge in [0.25, 0.3) is 0 Å². The average Bonchev–Trinajstić information content (AvgIpc) is 3.16. The highest BCUT2D eigenvalue weighted by Gasteiger charge is 2.36. The molecule has 0 fully saturated rings. The molecule has 0 aliphatic rings. The van der Waals surface area contributed by atoms with Crippen LogP contribution in [-0.4, -0.2) is 27.8 Å². The van der Waals surface area contributed by atoms with Gasteiger partial charge < -0.3 is 20.5 Å². The second kappa shape index (κ2) is 8.23. The molecule has 0 saturated heterocycles. The molecular formula is C19H19F3N6O. The van der Waals surface area contributed by atoms with E-state index in [0.29, 0.717) is 17.9 Å². The van der Waals surface area contributed by atoms with Gasteiger partial charge in [-0.15, -0.1) is 0 Å². The number of ether oxygens (including phenoxy) is 1. The van der Waals surface area contributed by atoms with Crippen molar-refractivity contribution >= 4 is 5.70 Å². The van der Waals surface area contributed by atoms with Gasteiger partial charge in [-0.1, -0.05) is 12.1 Å². The molecule has 0 amide bonds. The third kappa shape index (κ3) is 4.66. The van der Waals surface area contributed by atoms with Crippen molar-refractivity contribution in [1.82, 2.24) is 20.0 Å². The fourth-order valence-corrected chi connectivity index (χ4v) is 2.72. The van der Waals surface area contributed by atoms with Crippen LogP contribution in [-0.2, 0) is 6.54 Å². The van der Waals surface area contributed by atoms with E-state index in [-0.39, 0.29) is 5.56 Å². The summed E-state index contributed by atoms with van der Waals surface area (Å²) in [4.78, 5) is 8.47. The highest BCUT2D eigenvalue weighted by atomic mass is 19.4. The summed E-state index contributed by atoms with van der Waals surface area (Å²) in [6.07, 6.45) is 0.0323. The number of methoxy groups -OCH3 is 1. The lowest BCUT2D eigenvalue weighted by atomic mass is 10.1. The highest BCUT2D eigenvalue weighted by molar-refractivity contribution is 5.69. The van der Waals surface area contributed by atoms with Crippen LogP contribution in [0.1, 0.15) is 11.1 Å². The van der Waals surface area contributed by atoms with E-state index in [0.717, 1.165) is 11.3 Å². The summed E-state index contributed by atoms with van der Waals surface area (Å²) in [6.45, 7) is 0.564. The van der Waals surface area contributed by atoms with Gasteiger partial charge in [0.15, 0.2) is 5.70 Å². The lowest BCUT2D eigenvalue weighted by Gasteiger charge is -2.14. The predicted octanol–water partition coefficient (Wildman–Crippen LogP) is 2.65. The molecule has 0 aliphatic heterocycles. The quantitative estimate of drug-likeness (QED) is 0.431. The number of imidazole rings is 1. The summed E-state index contributed by atoms with van der Waals surface area (Å²) >= 11 is 0. The normalized spacial score (nSPS) is 12.4. The molecule has 0 unspecified atom stereocenters. The molecule has 0 atom stereocenters. The Balaban J connectivity index is 1.85. The van der Waals surface area contributed by atoms with Crippen LogP contribution < -0.4 is 21.7 Å². The van der Waals surface area contributed by atoms with Crippen molar-refractivity contribution in [2.45, 2.75) is 12.7 Å². The number of rotatable bonds is 6. The number of benzene rings is 1. The maximum Gasteiger partial charge on any atom is 0.434 e. The summed E-state index contributed by atoms with van der Waals surface area (Å²) in [7, 11) is 1.60. The van der Waals surface area contributed by atoms with Crippen molar-refractivity contribution in [3.63, 3.8) is 0 Å². The number of hydrogen-bond donors (Lipinski definition) is 3. The number of hydrogen-bond acceptors (Lipinski definition) is 6. The molecule has 0 radical (unpaired) electrons. The highest BCUT2D eigenvalue weighted by Crippen LogP contribution is 2.28. The van der Waals surface area contributed by atoms with E-state index in [1.807, 2.05) is 28.8 Å². The van der Waals surface area contributed by atoms with Crippen LogP contribution in [0, 0.1) is 0 Å². The maximum atomic E-state index is 13.0. The van der Waals surface area contributed by atoms with Crippen LogP contribution >= 0.6 is 0 Å². The van der Waals surface area contributed by atoms with Gasteiger partial charge in [0.05, 0.1) is 24.8 Å². The molecule has 7 nitrogen and oxygen atoms in total. The number of halogens is 3. The Morgan fingerprint density at radius 1 is 1.14 bits per heavy atom. The number of alkyl halides is 3. The Kier molecular flexibility index (Phi) is 5.74. The first kappa shape index (κ1) is 20.2. The van der Waals surface area contributed by atoms with Crippen molar-refractivity contribution in [3.05, 3.63) is 71.9 Å². The van der Waals surface area contributed by atoms with Crippen molar-refractivity contribution in [2.24, 2.45) is 11.6 Å². The SMILES string of the molecule is COc1ccc(Cn2cnc(-c3cc(/C(N)=C(/NN)C(F)(F)F)ccn3)c2)cc1. The minimum atomic E-state index is -4.71. The first-order valence-corrected chi connectivity index (χ1v) is 8.47. The Morgan fingerprint density at radius 2 is 1.86 bits per heavy atom. The van der Waals surface area contributed by atoms with E-state index in [4.69, 9.17) is 16.3 Å². The van der Waals surface area contributed by atoms with Crippen LogP contribution in [0.3, 0.4) is 0 Å². The molecule has 2 aromatic heterocycles. The standard InChI is InChI=1S/C19H19F3N6O/c1-29-14-4-2-12(3-5-14)9-28-10-16(26-11-28)15-8-13(6-7-25-15)17(23)18(27-24)19(20,21)22/h2-8,10-11,27H,9,23-24H2,1H3/b18-17-. The van der Waals surface area contributed by atoms with Gasteiger partial charge >= 0.3 is 6.18 Å². The summed E-state index contributed by atoms with van der Waals surface area (Å²) in [5, 5.41) is 0. The number of nitrogens with zero attached hydrogens (tertiary/aromatic N) is 3. The number of hydrazine groups is 1. The molecule has 3 aromatic rings. The minimum Gasteiger partial charge on any atom is -0.497 e. The summed E-state index contributed by atoms with van der Waals surface area (Å²) < 4.78 is 46.0. The van der Waals surface area contributed by atoms with Gasteiger partial charge in [-0.2, -0.15) is 13.2 Å². The second-order valence-corrected chi connectivity index (χ2v) is 6.14. The van der Waals surface area contributed by atoms with Gasteiger partial charge in [-0.05, 0) is 29.8 Å². The van der Waals surface area contributed by atoms with Gasteiger partial charge in [-0.3, -0.25) is 10.8 Å². The van der Waals surface area contributed by atoms with Crippen LogP contribution in [0.4, 0.5) is 13.2 Å². The molecule has 0 saturated carbocycles. The Hall–Kier alpha value is -3.53. The molecule has 10 heteroatoms. The largest absolute Gasteiger partial charge is 0.497 e. The molecule has 0 aliphatic carbocycles. The second-order valence-electron chi connectivity index (χ2n) is 6.14. The molecule has 3 rings (SSSR count). The zero-order chi connectivity index (χ0) is 21.0. The number of pyridine rings is 1. The molecule has 152 valence electrons. The summed E-state index contributed by atoms with van der Waals surface area (Å²) in [5.74, 6) is 5.76. The van der Waals surface area contributed by atoms with Crippen LogP contribution in [0.2, 0.25) is 0 Å². The van der Waals surface area contributed by atoms with Gasteiger partial charge in [0.1, 0.15) is 11.4 Å². The smallest absolute Gasteiger partial charge is 0.434 e. The van der Waals surface area contributed by atoms with E-state index in [1.165, 1.54) is 18.3 Å². The zero-order valence-electron chi connectivity index (χ0n) is 15.4. The van der Waals surface area contributed by atoms with Gasteiger partial charge in [0.2, 0.25) is 0 Å². The Labute approximate surface area is 164 Å². The van der Waals surface area contributed by atoms with Gasteiger partial charge in [-0.25, -0.2) is 4.98 Å². The van der Waals surface area contributed by atoms with E-state index in [2.05, 4.69) is 9.97 Å². The third-order valence-electron chi connectivity index (χ3n) is 4.19. The Morgan fingerprint density at radius 3 is 2.48 bits per heavy atom. The van der Waals surface area contributed by atoms with E-state index >= 15 is 0 Å². The molecule has 0 bridgehead atoms. The monoisotopic (exact) mass is 404 g/mol. The van der Waals surface area contributed by atoms with Gasteiger partial charge in [0, 0.05) is 24.5 Å². The lowest BCUT2D eigenvalue weighted by molar-refractivity contribution is -0.0961. The van der Waals surface area contributed by atoms with Crippen LogP contribution in [0.15, 0.2) is 60.8 Å². The number of aromatic nitrogens is 3. The molecule has 2 heterocycles. The first-order chi connectivity index (χ1) is 13.8. The van der Waals surface area contributed by atoms with E-state index in [9.17, 15) is 13.2 Å². The third-order valence-corrected chi connectivity index (χ3v) is 4.19.